The molecule has 1 nitrogen and oxygen atoms in total. The summed E-state index contributed by atoms with van der Waals surface area (Å²) in [4.78, 5) is 0. The second-order valence-corrected chi connectivity index (χ2v) is 2.89. The van der Waals surface area contributed by atoms with E-state index >= 15 is 0 Å². The van der Waals surface area contributed by atoms with Gasteiger partial charge in [-0.1, -0.05) is 36.4 Å². The summed E-state index contributed by atoms with van der Waals surface area (Å²) in [5.41, 5.74) is 6.73. The summed E-state index contributed by atoms with van der Waals surface area (Å²) < 4.78 is 0. The van der Waals surface area contributed by atoms with Crippen molar-refractivity contribution in [2.75, 3.05) is 0 Å². The van der Waals surface area contributed by atoms with E-state index in [1.807, 2.05) is 12.1 Å². The van der Waals surface area contributed by atoms with Crippen LogP contribution in [0.1, 0.15) is 6.99 Å². The van der Waals surface area contributed by atoms with Gasteiger partial charge in [0.15, 0.2) is 0 Å². The normalized spacial score (nSPS) is 10.4. The highest BCUT2D eigenvalue weighted by Crippen LogP contribution is 2.14. The van der Waals surface area contributed by atoms with Gasteiger partial charge in [0.05, 0.1) is 0 Å². The molecule has 0 aliphatic rings. The molecule has 0 unspecified atom stereocenters. The van der Waals surface area contributed by atoms with E-state index in [9.17, 15) is 0 Å². The van der Waals surface area contributed by atoms with Crippen molar-refractivity contribution in [3.63, 3.8) is 0 Å². The maximum atomic E-state index is 5.54. The van der Waals surface area contributed by atoms with Crippen LogP contribution in [0.15, 0.2) is 42.5 Å². The molecule has 12 heavy (non-hydrogen) atoms. The molecular weight excluding hydrogens is 146 g/mol. The lowest BCUT2D eigenvalue weighted by molar-refractivity contribution is 1.08. The Bertz CT molecular complexity index is 398. The molecule has 62 valence electrons. The third kappa shape index (κ3) is 1.19. The molecule has 2 aromatic rings. The molecular formula is C11H13N. The third-order valence-corrected chi connectivity index (χ3v) is 2.05. The van der Waals surface area contributed by atoms with Crippen molar-refractivity contribution < 1.29 is 1.43 Å². The van der Waals surface area contributed by atoms with Crippen LogP contribution in [-0.4, -0.2) is 0 Å². The van der Waals surface area contributed by atoms with Crippen LogP contribution in [-0.2, 0) is 6.54 Å². The summed E-state index contributed by atoms with van der Waals surface area (Å²) in [5, 5.41) is 2.54. The van der Waals surface area contributed by atoms with Gasteiger partial charge in [-0.15, -0.1) is 0 Å². The van der Waals surface area contributed by atoms with Gasteiger partial charge >= 0.3 is 0 Å². The van der Waals surface area contributed by atoms with Gasteiger partial charge in [0, 0.05) is 7.97 Å². The molecule has 2 aromatic carbocycles. The Morgan fingerprint density at radius 2 is 1.75 bits per heavy atom. The highest BCUT2D eigenvalue weighted by atomic mass is 14.5. The van der Waals surface area contributed by atoms with Crippen molar-refractivity contribution in [2.24, 2.45) is 5.73 Å². The molecule has 0 saturated heterocycles. The summed E-state index contributed by atoms with van der Waals surface area (Å²) in [6.07, 6.45) is 0. The predicted molar refractivity (Wildman–Crippen MR) is 54.0 cm³/mol. The fraction of sp³-hybridized carbons (Fsp3) is 0.0909. The van der Waals surface area contributed by atoms with Gasteiger partial charge in [-0.3, -0.25) is 0 Å². The molecule has 0 radical (unpaired) electrons. The Hall–Kier alpha value is -1.34. The lowest BCUT2D eigenvalue weighted by atomic mass is 10.1. The Balaban J connectivity index is 0.000000845. The lowest BCUT2D eigenvalue weighted by Gasteiger charge is -1.99. The highest BCUT2D eigenvalue weighted by Gasteiger charge is 1.92. The van der Waals surface area contributed by atoms with Crippen LogP contribution < -0.4 is 5.73 Å². The summed E-state index contributed by atoms with van der Waals surface area (Å²) in [7, 11) is 0. The van der Waals surface area contributed by atoms with Crippen molar-refractivity contribution in [2.45, 2.75) is 6.54 Å². The van der Waals surface area contributed by atoms with Gasteiger partial charge in [-0.2, -0.15) is 0 Å². The average Bonchev–Trinajstić information content (AvgIpc) is 2.17. The maximum absolute atomic E-state index is 5.54. The standard InChI is InChI=1S/C11H11N.H2/c12-8-9-5-6-10-3-1-2-4-11(10)7-9;/h1-7H,8,12H2;1H. The van der Waals surface area contributed by atoms with Gasteiger partial charge in [0.25, 0.3) is 0 Å². The lowest BCUT2D eigenvalue weighted by Crippen LogP contribution is -1.95. The van der Waals surface area contributed by atoms with E-state index < -0.39 is 0 Å². The van der Waals surface area contributed by atoms with Crippen LogP contribution in [0.2, 0.25) is 0 Å². The van der Waals surface area contributed by atoms with E-state index in [0.717, 1.165) is 0 Å². The molecule has 0 aliphatic carbocycles. The van der Waals surface area contributed by atoms with E-state index in [1.165, 1.54) is 16.3 Å². The molecule has 0 saturated carbocycles. The minimum atomic E-state index is 0. The average molecular weight is 159 g/mol. The van der Waals surface area contributed by atoms with Crippen LogP contribution >= 0.6 is 0 Å². The summed E-state index contributed by atoms with van der Waals surface area (Å²) in [6.45, 7) is 0.616. The fourth-order valence-corrected chi connectivity index (χ4v) is 1.37. The predicted octanol–water partition coefficient (Wildman–Crippen LogP) is 2.54. The first-order chi connectivity index (χ1) is 5.90. The van der Waals surface area contributed by atoms with Crippen LogP contribution in [0.4, 0.5) is 0 Å². The topological polar surface area (TPSA) is 26.0 Å². The molecule has 0 heterocycles. The van der Waals surface area contributed by atoms with Crippen molar-refractivity contribution in [1.82, 2.24) is 0 Å². The molecule has 0 amide bonds. The SMILES string of the molecule is NCc1ccc2ccccc2c1.[HH]. The van der Waals surface area contributed by atoms with Crippen molar-refractivity contribution in [3.05, 3.63) is 48.0 Å². The van der Waals surface area contributed by atoms with E-state index in [-0.39, 0.29) is 1.43 Å². The van der Waals surface area contributed by atoms with Crippen molar-refractivity contribution in [3.8, 4) is 0 Å². The van der Waals surface area contributed by atoms with Gasteiger partial charge in [-0.25, -0.2) is 0 Å². The van der Waals surface area contributed by atoms with Crippen molar-refractivity contribution in [1.29, 1.82) is 0 Å². The van der Waals surface area contributed by atoms with Gasteiger partial charge in [-0.05, 0) is 22.4 Å². The minimum Gasteiger partial charge on any atom is -0.326 e. The number of hydrogen-bond donors (Lipinski definition) is 1. The van der Waals surface area contributed by atoms with Gasteiger partial charge in [0.2, 0.25) is 0 Å². The second kappa shape index (κ2) is 2.95. The molecule has 2 rings (SSSR count). The molecule has 2 N–H and O–H groups in total. The largest absolute Gasteiger partial charge is 0.326 e. The zero-order chi connectivity index (χ0) is 8.39. The molecule has 0 bridgehead atoms. The first-order valence-corrected chi connectivity index (χ1v) is 4.08. The smallest absolute Gasteiger partial charge is 0.0178 e. The fourth-order valence-electron chi connectivity index (χ4n) is 1.37. The van der Waals surface area contributed by atoms with Gasteiger partial charge in [0.1, 0.15) is 0 Å². The number of fused-ring (bicyclic) bond motifs is 1. The number of benzene rings is 2. The quantitative estimate of drug-likeness (QED) is 0.680. The van der Waals surface area contributed by atoms with Crippen molar-refractivity contribution >= 4 is 10.8 Å². The van der Waals surface area contributed by atoms with E-state index in [4.69, 9.17) is 5.73 Å². The molecule has 1 heteroatoms. The summed E-state index contributed by atoms with van der Waals surface area (Å²) >= 11 is 0. The molecule has 0 aromatic heterocycles. The first-order valence-electron chi connectivity index (χ1n) is 4.08. The van der Waals surface area contributed by atoms with Crippen LogP contribution in [0.3, 0.4) is 0 Å². The van der Waals surface area contributed by atoms with Crippen LogP contribution in [0.5, 0.6) is 0 Å². The van der Waals surface area contributed by atoms with Crippen LogP contribution in [0.25, 0.3) is 10.8 Å². The number of hydrogen-bond acceptors (Lipinski definition) is 1. The monoisotopic (exact) mass is 159 g/mol. The molecule has 0 atom stereocenters. The Morgan fingerprint density at radius 3 is 2.50 bits per heavy atom. The zero-order valence-corrected chi connectivity index (χ0v) is 6.83. The summed E-state index contributed by atoms with van der Waals surface area (Å²) in [6, 6.07) is 14.6. The maximum Gasteiger partial charge on any atom is 0.0178 e. The van der Waals surface area contributed by atoms with E-state index in [0.29, 0.717) is 6.54 Å². The van der Waals surface area contributed by atoms with E-state index in [2.05, 4.69) is 30.3 Å². The third-order valence-electron chi connectivity index (χ3n) is 2.05. The molecule has 0 aliphatic heterocycles. The minimum absolute atomic E-state index is 0. The Labute approximate surface area is 73.3 Å². The van der Waals surface area contributed by atoms with Gasteiger partial charge < -0.3 is 5.73 Å². The molecule has 0 fully saturated rings. The number of rotatable bonds is 1. The number of nitrogens with two attached hydrogens (primary N) is 1. The Kier molecular flexibility index (Phi) is 1.80. The second-order valence-electron chi connectivity index (χ2n) is 2.89. The Morgan fingerprint density at radius 1 is 1.00 bits per heavy atom. The highest BCUT2D eigenvalue weighted by molar-refractivity contribution is 5.82. The molecule has 0 spiro atoms. The van der Waals surface area contributed by atoms with E-state index in [1.54, 1.807) is 0 Å². The van der Waals surface area contributed by atoms with Crippen LogP contribution in [0, 0.1) is 0 Å². The zero-order valence-electron chi connectivity index (χ0n) is 6.83. The first kappa shape index (κ1) is 7.32. The summed E-state index contributed by atoms with van der Waals surface area (Å²) in [5.74, 6) is 0.